The third kappa shape index (κ3) is 3.45. The molecule has 110 valence electrons. The van der Waals surface area contributed by atoms with Crippen molar-refractivity contribution in [2.45, 2.75) is 11.8 Å². The van der Waals surface area contributed by atoms with Gasteiger partial charge in [0.15, 0.2) is 0 Å². The third-order valence-corrected chi connectivity index (χ3v) is 3.81. The van der Waals surface area contributed by atoms with Gasteiger partial charge in [-0.2, -0.15) is 0 Å². The summed E-state index contributed by atoms with van der Waals surface area (Å²) in [7, 11) is -3.79. The SMILES string of the molecule is Cc1cccc(C(=O)Nc2ccc(S(N)(=O)=O)cc2)c1F. The predicted molar refractivity (Wildman–Crippen MR) is 76.9 cm³/mol. The molecule has 0 fully saturated rings. The number of aryl methyl sites for hydroxylation is 1. The molecule has 21 heavy (non-hydrogen) atoms. The summed E-state index contributed by atoms with van der Waals surface area (Å²) < 4.78 is 36.0. The summed E-state index contributed by atoms with van der Waals surface area (Å²) in [6.07, 6.45) is 0. The van der Waals surface area contributed by atoms with Gasteiger partial charge in [-0.25, -0.2) is 17.9 Å². The fourth-order valence-corrected chi connectivity index (χ4v) is 2.26. The summed E-state index contributed by atoms with van der Waals surface area (Å²) in [5, 5.41) is 7.46. The van der Waals surface area contributed by atoms with Gasteiger partial charge in [0.05, 0.1) is 10.5 Å². The number of primary sulfonamides is 1. The molecule has 0 aliphatic heterocycles. The topological polar surface area (TPSA) is 89.3 Å². The van der Waals surface area contributed by atoms with Gasteiger partial charge in [-0.3, -0.25) is 4.79 Å². The van der Waals surface area contributed by atoms with E-state index in [1.54, 1.807) is 19.1 Å². The van der Waals surface area contributed by atoms with Crippen molar-refractivity contribution in [3.63, 3.8) is 0 Å². The maximum atomic E-state index is 13.8. The van der Waals surface area contributed by atoms with Crippen molar-refractivity contribution in [3.05, 3.63) is 59.4 Å². The quantitative estimate of drug-likeness (QED) is 0.909. The molecule has 0 saturated heterocycles. The Kier molecular flexibility index (Phi) is 4.06. The van der Waals surface area contributed by atoms with Crippen LogP contribution in [0.25, 0.3) is 0 Å². The normalized spacial score (nSPS) is 11.2. The Hall–Kier alpha value is -2.25. The van der Waals surface area contributed by atoms with Gasteiger partial charge in [0, 0.05) is 5.69 Å². The molecule has 3 N–H and O–H groups in total. The zero-order chi connectivity index (χ0) is 15.6. The van der Waals surface area contributed by atoms with Crippen molar-refractivity contribution >= 4 is 21.6 Å². The van der Waals surface area contributed by atoms with Crippen LogP contribution in [0.5, 0.6) is 0 Å². The van der Waals surface area contributed by atoms with Gasteiger partial charge in [-0.15, -0.1) is 0 Å². The number of amides is 1. The molecule has 2 aromatic carbocycles. The standard InChI is InChI=1S/C14H13FN2O3S/c1-9-3-2-4-12(13(9)15)14(18)17-10-5-7-11(8-6-10)21(16,19)20/h2-8H,1H3,(H,17,18)(H2,16,19,20). The van der Waals surface area contributed by atoms with Crippen LogP contribution >= 0.6 is 0 Å². The van der Waals surface area contributed by atoms with Crippen LogP contribution in [0.15, 0.2) is 47.4 Å². The van der Waals surface area contributed by atoms with E-state index in [2.05, 4.69) is 5.32 Å². The second-order valence-electron chi connectivity index (χ2n) is 4.46. The van der Waals surface area contributed by atoms with Gasteiger partial charge in [0.25, 0.3) is 5.91 Å². The highest BCUT2D eigenvalue weighted by molar-refractivity contribution is 7.89. The first-order valence-electron chi connectivity index (χ1n) is 5.98. The van der Waals surface area contributed by atoms with Crippen LogP contribution in [0, 0.1) is 12.7 Å². The van der Waals surface area contributed by atoms with Crippen molar-refractivity contribution in [2.24, 2.45) is 5.14 Å². The largest absolute Gasteiger partial charge is 0.322 e. The highest BCUT2D eigenvalue weighted by Gasteiger charge is 2.14. The van der Waals surface area contributed by atoms with Crippen molar-refractivity contribution < 1.29 is 17.6 Å². The molecule has 0 spiro atoms. The van der Waals surface area contributed by atoms with Crippen molar-refractivity contribution in [3.8, 4) is 0 Å². The van der Waals surface area contributed by atoms with Crippen LogP contribution in [0.2, 0.25) is 0 Å². The van der Waals surface area contributed by atoms with Gasteiger partial charge in [-0.1, -0.05) is 12.1 Å². The van der Waals surface area contributed by atoms with E-state index >= 15 is 0 Å². The van der Waals surface area contributed by atoms with E-state index < -0.39 is 21.7 Å². The first kappa shape index (κ1) is 15.1. The van der Waals surface area contributed by atoms with Gasteiger partial charge >= 0.3 is 0 Å². The molecule has 7 heteroatoms. The Bertz CT molecular complexity index is 786. The second kappa shape index (κ2) is 5.63. The molecule has 1 amide bonds. The number of carbonyl (C=O) groups excluding carboxylic acids is 1. The minimum Gasteiger partial charge on any atom is -0.322 e. The molecule has 0 saturated carbocycles. The molecule has 2 aromatic rings. The summed E-state index contributed by atoms with van der Waals surface area (Å²) in [5.41, 5.74) is 0.631. The first-order chi connectivity index (χ1) is 9.79. The summed E-state index contributed by atoms with van der Waals surface area (Å²) >= 11 is 0. The molecule has 0 radical (unpaired) electrons. The monoisotopic (exact) mass is 308 g/mol. The fraction of sp³-hybridized carbons (Fsp3) is 0.0714. The van der Waals surface area contributed by atoms with E-state index in [0.29, 0.717) is 11.3 Å². The molecular weight excluding hydrogens is 295 g/mol. The minimum atomic E-state index is -3.79. The number of sulfonamides is 1. The summed E-state index contributed by atoms with van der Waals surface area (Å²) in [4.78, 5) is 11.9. The second-order valence-corrected chi connectivity index (χ2v) is 6.02. The number of hydrogen-bond acceptors (Lipinski definition) is 3. The number of benzene rings is 2. The number of anilines is 1. The maximum Gasteiger partial charge on any atom is 0.258 e. The average molecular weight is 308 g/mol. The lowest BCUT2D eigenvalue weighted by Crippen LogP contribution is -2.15. The number of carbonyl (C=O) groups is 1. The first-order valence-corrected chi connectivity index (χ1v) is 7.53. The van der Waals surface area contributed by atoms with Crippen LogP contribution in [-0.2, 0) is 10.0 Å². The summed E-state index contributed by atoms with van der Waals surface area (Å²) in [6, 6.07) is 9.80. The molecule has 0 atom stereocenters. The Morgan fingerprint density at radius 1 is 1.14 bits per heavy atom. The Labute approximate surface area is 121 Å². The van der Waals surface area contributed by atoms with Crippen LogP contribution in [-0.4, -0.2) is 14.3 Å². The van der Waals surface area contributed by atoms with Gasteiger partial charge in [0.2, 0.25) is 10.0 Å². The lowest BCUT2D eigenvalue weighted by atomic mass is 10.1. The van der Waals surface area contributed by atoms with Gasteiger partial charge in [0.1, 0.15) is 5.82 Å². The van der Waals surface area contributed by atoms with E-state index in [1.165, 1.54) is 30.3 Å². The van der Waals surface area contributed by atoms with Crippen molar-refractivity contribution in [2.75, 3.05) is 5.32 Å². The number of nitrogens with two attached hydrogens (primary N) is 1. The molecule has 2 rings (SSSR count). The predicted octanol–water partition coefficient (Wildman–Crippen LogP) is 2.03. The maximum absolute atomic E-state index is 13.8. The number of rotatable bonds is 3. The Morgan fingerprint density at radius 2 is 1.76 bits per heavy atom. The summed E-state index contributed by atoms with van der Waals surface area (Å²) in [5.74, 6) is -1.20. The van der Waals surface area contributed by atoms with Crippen LogP contribution in [0.3, 0.4) is 0 Å². The van der Waals surface area contributed by atoms with E-state index in [-0.39, 0.29) is 10.5 Å². The van der Waals surface area contributed by atoms with E-state index in [1.807, 2.05) is 0 Å². The van der Waals surface area contributed by atoms with E-state index in [9.17, 15) is 17.6 Å². The molecule has 0 aromatic heterocycles. The molecule has 0 bridgehead atoms. The van der Waals surface area contributed by atoms with Gasteiger partial charge in [-0.05, 0) is 42.8 Å². The molecule has 0 aliphatic rings. The lowest BCUT2D eigenvalue weighted by Gasteiger charge is -2.08. The molecule has 0 heterocycles. The molecular formula is C14H13FN2O3S. The van der Waals surface area contributed by atoms with Gasteiger partial charge < -0.3 is 5.32 Å². The zero-order valence-electron chi connectivity index (χ0n) is 11.1. The number of hydrogen-bond donors (Lipinski definition) is 2. The fourth-order valence-electron chi connectivity index (χ4n) is 1.75. The Morgan fingerprint density at radius 3 is 2.33 bits per heavy atom. The smallest absolute Gasteiger partial charge is 0.258 e. The van der Waals surface area contributed by atoms with E-state index in [0.717, 1.165) is 0 Å². The van der Waals surface area contributed by atoms with Crippen molar-refractivity contribution in [1.82, 2.24) is 0 Å². The molecule has 0 unspecified atom stereocenters. The highest BCUT2D eigenvalue weighted by Crippen LogP contribution is 2.16. The van der Waals surface area contributed by atoms with E-state index in [4.69, 9.17) is 5.14 Å². The zero-order valence-corrected chi connectivity index (χ0v) is 11.9. The van der Waals surface area contributed by atoms with Crippen LogP contribution < -0.4 is 10.5 Å². The highest BCUT2D eigenvalue weighted by atomic mass is 32.2. The van der Waals surface area contributed by atoms with Crippen LogP contribution in [0.1, 0.15) is 15.9 Å². The average Bonchev–Trinajstić information content (AvgIpc) is 2.41. The number of nitrogens with one attached hydrogen (secondary N) is 1. The number of halogens is 1. The summed E-state index contributed by atoms with van der Waals surface area (Å²) in [6.45, 7) is 1.56. The minimum absolute atomic E-state index is 0.0674. The van der Waals surface area contributed by atoms with Crippen LogP contribution in [0.4, 0.5) is 10.1 Å². The van der Waals surface area contributed by atoms with Crippen molar-refractivity contribution in [1.29, 1.82) is 0 Å². The third-order valence-electron chi connectivity index (χ3n) is 2.88. The molecule has 0 aliphatic carbocycles. The molecule has 5 nitrogen and oxygen atoms in total. The Balaban J connectivity index is 2.22. The lowest BCUT2D eigenvalue weighted by molar-refractivity contribution is 0.102.